The summed E-state index contributed by atoms with van der Waals surface area (Å²) in [5.74, 6) is -0.364. The van der Waals surface area contributed by atoms with Crippen molar-refractivity contribution in [2.75, 3.05) is 5.32 Å². The van der Waals surface area contributed by atoms with Gasteiger partial charge < -0.3 is 15.4 Å². The highest BCUT2D eigenvalue weighted by molar-refractivity contribution is 5.96. The Morgan fingerprint density at radius 2 is 1.48 bits per heavy atom. The number of carbonyl (C=O) groups excluding carboxylic acids is 2. The maximum atomic E-state index is 12.4. The predicted octanol–water partition coefficient (Wildman–Crippen LogP) is 4.29. The van der Waals surface area contributed by atoms with Crippen molar-refractivity contribution in [1.82, 2.24) is 5.32 Å². The lowest BCUT2D eigenvalue weighted by atomic mass is 10.1. The van der Waals surface area contributed by atoms with Crippen molar-refractivity contribution >= 4 is 17.5 Å². The number of rotatable bonds is 8. The highest BCUT2D eigenvalue weighted by atomic mass is 16.5. The fourth-order valence-electron chi connectivity index (χ4n) is 2.92. The van der Waals surface area contributed by atoms with Crippen molar-refractivity contribution in [2.45, 2.75) is 26.7 Å². The molecule has 0 bridgehead atoms. The van der Waals surface area contributed by atoms with E-state index in [1.807, 2.05) is 54.6 Å². The third-order valence-corrected chi connectivity index (χ3v) is 4.27. The molecule has 0 aromatic heterocycles. The van der Waals surface area contributed by atoms with Crippen LogP contribution >= 0.6 is 0 Å². The van der Waals surface area contributed by atoms with E-state index in [-0.39, 0.29) is 11.8 Å². The first-order valence-corrected chi connectivity index (χ1v) is 9.45. The van der Waals surface area contributed by atoms with Gasteiger partial charge in [-0.25, -0.2) is 0 Å². The summed E-state index contributed by atoms with van der Waals surface area (Å²) in [5.41, 5.74) is 4.29. The van der Waals surface area contributed by atoms with Gasteiger partial charge in [0.2, 0.25) is 5.91 Å². The molecule has 148 valence electrons. The molecule has 2 N–H and O–H groups in total. The second-order valence-electron chi connectivity index (χ2n) is 6.74. The number of nitrogens with one attached hydrogen (secondary N) is 2. The molecule has 0 aliphatic rings. The zero-order valence-electron chi connectivity index (χ0n) is 16.4. The van der Waals surface area contributed by atoms with E-state index in [0.717, 1.165) is 16.7 Å². The Morgan fingerprint density at radius 1 is 0.793 bits per heavy atom. The van der Waals surface area contributed by atoms with E-state index in [2.05, 4.69) is 10.6 Å². The minimum atomic E-state index is -0.192. The van der Waals surface area contributed by atoms with Crippen molar-refractivity contribution in [3.05, 3.63) is 101 Å². The van der Waals surface area contributed by atoms with Gasteiger partial charge >= 0.3 is 0 Å². The first-order valence-electron chi connectivity index (χ1n) is 9.45. The lowest BCUT2D eigenvalue weighted by Crippen LogP contribution is -2.23. The highest BCUT2D eigenvalue weighted by Crippen LogP contribution is 2.12. The van der Waals surface area contributed by atoms with Crippen LogP contribution in [-0.4, -0.2) is 11.8 Å². The van der Waals surface area contributed by atoms with Crippen molar-refractivity contribution in [2.24, 2.45) is 0 Å². The molecule has 5 nitrogen and oxygen atoms in total. The fraction of sp³-hybridized carbons (Fsp3) is 0.167. The molecular weight excluding hydrogens is 364 g/mol. The Bertz CT molecular complexity index is 971. The van der Waals surface area contributed by atoms with E-state index in [1.165, 1.54) is 6.92 Å². The average molecular weight is 388 g/mol. The molecule has 29 heavy (non-hydrogen) atoms. The van der Waals surface area contributed by atoms with E-state index in [9.17, 15) is 9.59 Å². The molecule has 0 spiro atoms. The largest absolute Gasteiger partial charge is 0.372 e. The summed E-state index contributed by atoms with van der Waals surface area (Å²) < 4.78 is 5.78. The monoisotopic (exact) mass is 388 g/mol. The molecule has 0 saturated carbocycles. The number of hydrogen-bond donors (Lipinski definition) is 2. The van der Waals surface area contributed by atoms with Crippen LogP contribution in [0.5, 0.6) is 0 Å². The Balaban J connectivity index is 1.52. The number of benzene rings is 3. The Hall–Kier alpha value is -3.44. The third kappa shape index (κ3) is 6.59. The van der Waals surface area contributed by atoms with Gasteiger partial charge in [0.15, 0.2) is 0 Å². The van der Waals surface area contributed by atoms with Gasteiger partial charge in [0, 0.05) is 24.7 Å². The Labute approximate surface area is 170 Å². The topological polar surface area (TPSA) is 67.4 Å². The minimum absolute atomic E-state index is 0.172. The average Bonchev–Trinajstić information content (AvgIpc) is 2.73. The van der Waals surface area contributed by atoms with E-state index in [0.29, 0.717) is 31.0 Å². The standard InChI is InChI=1S/C24H24N2O3/c1-18(27)26-23-12-6-11-22(14-23)24(28)25-15-20-9-5-10-21(13-20)17-29-16-19-7-3-2-4-8-19/h2-14H,15-17H2,1H3,(H,25,28)(H,26,27). The summed E-state index contributed by atoms with van der Waals surface area (Å²) in [7, 11) is 0. The minimum Gasteiger partial charge on any atom is -0.372 e. The maximum absolute atomic E-state index is 12.4. The molecule has 3 aromatic carbocycles. The van der Waals surface area contributed by atoms with Gasteiger partial charge in [-0.3, -0.25) is 9.59 Å². The van der Waals surface area contributed by atoms with Crippen LogP contribution in [0.1, 0.15) is 34.0 Å². The van der Waals surface area contributed by atoms with Crippen molar-refractivity contribution in [1.29, 1.82) is 0 Å². The first-order chi connectivity index (χ1) is 14.1. The van der Waals surface area contributed by atoms with Gasteiger partial charge in [-0.15, -0.1) is 0 Å². The number of anilines is 1. The molecule has 2 amide bonds. The molecule has 0 aliphatic heterocycles. The summed E-state index contributed by atoms with van der Waals surface area (Å²) in [4.78, 5) is 23.6. The van der Waals surface area contributed by atoms with Gasteiger partial charge in [0.05, 0.1) is 13.2 Å². The molecule has 0 saturated heterocycles. The van der Waals surface area contributed by atoms with E-state index >= 15 is 0 Å². The van der Waals surface area contributed by atoms with Crippen LogP contribution in [0.15, 0.2) is 78.9 Å². The third-order valence-electron chi connectivity index (χ3n) is 4.27. The number of ether oxygens (including phenoxy) is 1. The van der Waals surface area contributed by atoms with Gasteiger partial charge in [0.1, 0.15) is 0 Å². The molecule has 0 atom stereocenters. The lowest BCUT2D eigenvalue weighted by Gasteiger charge is -2.09. The van der Waals surface area contributed by atoms with Crippen molar-refractivity contribution in [3.8, 4) is 0 Å². The molecule has 0 aliphatic carbocycles. The summed E-state index contributed by atoms with van der Waals surface area (Å²) in [6.07, 6.45) is 0. The molecule has 5 heteroatoms. The van der Waals surface area contributed by atoms with Crippen LogP contribution in [0, 0.1) is 0 Å². The van der Waals surface area contributed by atoms with E-state index < -0.39 is 0 Å². The lowest BCUT2D eigenvalue weighted by molar-refractivity contribution is -0.114. The molecule has 0 radical (unpaired) electrons. The number of carbonyl (C=O) groups is 2. The molecule has 3 rings (SSSR count). The number of hydrogen-bond acceptors (Lipinski definition) is 3. The normalized spacial score (nSPS) is 10.4. The highest BCUT2D eigenvalue weighted by Gasteiger charge is 2.07. The quantitative estimate of drug-likeness (QED) is 0.605. The van der Waals surface area contributed by atoms with E-state index in [4.69, 9.17) is 4.74 Å². The van der Waals surface area contributed by atoms with Gasteiger partial charge in [0.25, 0.3) is 5.91 Å². The van der Waals surface area contributed by atoms with Gasteiger partial charge in [-0.1, -0.05) is 60.7 Å². The van der Waals surface area contributed by atoms with Crippen molar-refractivity contribution < 1.29 is 14.3 Å². The van der Waals surface area contributed by atoms with Crippen molar-refractivity contribution in [3.63, 3.8) is 0 Å². The second kappa shape index (κ2) is 10.2. The SMILES string of the molecule is CC(=O)Nc1cccc(C(=O)NCc2cccc(COCc3ccccc3)c2)c1. The molecule has 0 unspecified atom stereocenters. The molecule has 0 heterocycles. The van der Waals surface area contributed by atoms with E-state index in [1.54, 1.807) is 24.3 Å². The fourth-order valence-corrected chi connectivity index (χ4v) is 2.92. The zero-order valence-corrected chi connectivity index (χ0v) is 16.4. The van der Waals surface area contributed by atoms with Crippen LogP contribution in [0.4, 0.5) is 5.69 Å². The van der Waals surface area contributed by atoms with Crippen LogP contribution < -0.4 is 10.6 Å². The predicted molar refractivity (Wildman–Crippen MR) is 113 cm³/mol. The van der Waals surface area contributed by atoms with Gasteiger partial charge in [-0.05, 0) is 34.9 Å². The molecular formula is C24H24N2O3. The summed E-state index contributed by atoms with van der Waals surface area (Å²) >= 11 is 0. The smallest absolute Gasteiger partial charge is 0.251 e. The second-order valence-corrected chi connectivity index (χ2v) is 6.74. The van der Waals surface area contributed by atoms with Crippen LogP contribution in [0.25, 0.3) is 0 Å². The summed E-state index contributed by atoms with van der Waals surface area (Å²) in [6.45, 7) is 2.92. The summed E-state index contributed by atoms with van der Waals surface area (Å²) in [5, 5.41) is 5.59. The zero-order chi connectivity index (χ0) is 20.5. The van der Waals surface area contributed by atoms with Crippen LogP contribution in [0.2, 0.25) is 0 Å². The first kappa shape index (κ1) is 20.3. The number of amides is 2. The maximum Gasteiger partial charge on any atom is 0.251 e. The van der Waals surface area contributed by atoms with Crippen LogP contribution in [0.3, 0.4) is 0 Å². The van der Waals surface area contributed by atoms with Gasteiger partial charge in [-0.2, -0.15) is 0 Å². The van der Waals surface area contributed by atoms with Crippen LogP contribution in [-0.2, 0) is 29.3 Å². The summed E-state index contributed by atoms with van der Waals surface area (Å²) in [6, 6.07) is 24.9. The Kier molecular flexibility index (Phi) is 7.14. The molecule has 0 fully saturated rings. The Morgan fingerprint density at radius 3 is 2.28 bits per heavy atom. The molecule has 3 aromatic rings.